The summed E-state index contributed by atoms with van der Waals surface area (Å²) in [5.74, 6) is 0. The zero-order chi connectivity index (χ0) is 11.2. The third-order valence-electron chi connectivity index (χ3n) is 3.07. The first-order valence-electron chi connectivity index (χ1n) is 6.12. The van der Waals surface area contributed by atoms with E-state index in [0.29, 0.717) is 12.1 Å². The number of rotatable bonds is 5. The molecule has 0 bridgehead atoms. The van der Waals surface area contributed by atoms with Crippen LogP contribution in [0.1, 0.15) is 37.9 Å². The van der Waals surface area contributed by atoms with Crippen LogP contribution in [-0.2, 0) is 4.74 Å². The monoisotopic (exact) mass is 220 g/mol. The van der Waals surface area contributed by atoms with Gasteiger partial charge >= 0.3 is 0 Å². The van der Waals surface area contributed by atoms with Crippen molar-refractivity contribution in [2.75, 3.05) is 13.2 Å². The minimum atomic E-state index is 0.322. The largest absolute Gasteiger partial charge is 0.378 e. The van der Waals surface area contributed by atoms with Crippen LogP contribution in [0.15, 0.2) is 24.4 Å². The van der Waals surface area contributed by atoms with E-state index in [0.717, 1.165) is 25.3 Å². The number of hydrogen-bond acceptors (Lipinski definition) is 3. The van der Waals surface area contributed by atoms with Crippen molar-refractivity contribution < 1.29 is 4.74 Å². The highest BCUT2D eigenvalue weighted by atomic mass is 16.5. The van der Waals surface area contributed by atoms with Gasteiger partial charge in [0, 0.05) is 18.8 Å². The lowest BCUT2D eigenvalue weighted by molar-refractivity contribution is 0.103. The van der Waals surface area contributed by atoms with E-state index < -0.39 is 0 Å². The van der Waals surface area contributed by atoms with Crippen molar-refractivity contribution >= 4 is 0 Å². The molecule has 2 rings (SSSR count). The Kier molecular flexibility index (Phi) is 4.31. The molecule has 3 heteroatoms. The van der Waals surface area contributed by atoms with E-state index in [2.05, 4.69) is 23.3 Å². The van der Waals surface area contributed by atoms with Crippen LogP contribution in [0, 0.1) is 0 Å². The Morgan fingerprint density at radius 1 is 1.56 bits per heavy atom. The van der Waals surface area contributed by atoms with E-state index in [-0.39, 0.29) is 0 Å². The van der Waals surface area contributed by atoms with Gasteiger partial charge < -0.3 is 10.1 Å². The lowest BCUT2D eigenvalue weighted by Crippen LogP contribution is -2.23. The maximum Gasteiger partial charge on any atom is 0.0588 e. The fourth-order valence-corrected chi connectivity index (χ4v) is 2.07. The molecule has 1 saturated heterocycles. The van der Waals surface area contributed by atoms with Crippen LogP contribution in [-0.4, -0.2) is 24.2 Å². The van der Waals surface area contributed by atoms with Gasteiger partial charge in [-0.15, -0.1) is 0 Å². The summed E-state index contributed by atoms with van der Waals surface area (Å²) in [6.07, 6.45) is 5.87. The van der Waals surface area contributed by atoms with Gasteiger partial charge in [0.05, 0.1) is 11.8 Å². The molecule has 0 spiro atoms. The molecule has 1 aromatic rings. The summed E-state index contributed by atoms with van der Waals surface area (Å²) in [4.78, 5) is 4.34. The minimum absolute atomic E-state index is 0.322. The van der Waals surface area contributed by atoms with E-state index in [1.165, 1.54) is 12.8 Å². The molecule has 1 aliphatic heterocycles. The second kappa shape index (κ2) is 5.97. The standard InChI is InChI=1S/C13H20N2O/c1-11(13-6-2-3-8-15-13)14-9-7-12-5-4-10-16-12/h2-3,6,8,11-12,14H,4-5,7,9-10H2,1H3/t11-,12?/m1/s1. The number of ether oxygens (including phenoxy) is 1. The van der Waals surface area contributed by atoms with E-state index >= 15 is 0 Å². The maximum absolute atomic E-state index is 5.58. The Morgan fingerprint density at radius 2 is 2.50 bits per heavy atom. The molecule has 0 saturated carbocycles. The first-order chi connectivity index (χ1) is 7.86. The van der Waals surface area contributed by atoms with E-state index in [9.17, 15) is 0 Å². The fourth-order valence-electron chi connectivity index (χ4n) is 2.07. The predicted octanol–water partition coefficient (Wildman–Crippen LogP) is 2.30. The van der Waals surface area contributed by atoms with Crippen LogP contribution in [0.2, 0.25) is 0 Å². The Labute approximate surface area is 97.2 Å². The Bertz CT molecular complexity index is 296. The molecule has 1 N–H and O–H groups in total. The molecular weight excluding hydrogens is 200 g/mol. The van der Waals surface area contributed by atoms with Gasteiger partial charge in [-0.3, -0.25) is 4.98 Å². The third kappa shape index (κ3) is 3.29. The first kappa shape index (κ1) is 11.6. The molecular formula is C13H20N2O. The second-order valence-electron chi connectivity index (χ2n) is 4.35. The maximum atomic E-state index is 5.58. The summed E-state index contributed by atoms with van der Waals surface area (Å²) in [7, 11) is 0. The van der Waals surface area contributed by atoms with Crippen LogP contribution in [0.4, 0.5) is 0 Å². The van der Waals surface area contributed by atoms with Crippen LogP contribution >= 0.6 is 0 Å². The number of hydrogen-bond donors (Lipinski definition) is 1. The van der Waals surface area contributed by atoms with Gasteiger partial charge in [0.2, 0.25) is 0 Å². The second-order valence-corrected chi connectivity index (χ2v) is 4.35. The highest BCUT2D eigenvalue weighted by Crippen LogP contribution is 2.15. The lowest BCUT2D eigenvalue weighted by atomic mass is 10.1. The summed E-state index contributed by atoms with van der Waals surface area (Å²) in [5, 5.41) is 3.48. The van der Waals surface area contributed by atoms with Crippen molar-refractivity contribution in [3.8, 4) is 0 Å². The molecule has 0 aromatic carbocycles. The van der Waals surface area contributed by atoms with Crippen molar-refractivity contribution in [1.82, 2.24) is 10.3 Å². The van der Waals surface area contributed by atoms with Crippen LogP contribution in [0.3, 0.4) is 0 Å². The Hall–Kier alpha value is -0.930. The third-order valence-corrected chi connectivity index (χ3v) is 3.07. The van der Waals surface area contributed by atoms with E-state index in [4.69, 9.17) is 4.74 Å². The molecule has 1 aromatic heterocycles. The lowest BCUT2D eigenvalue weighted by Gasteiger charge is -2.15. The van der Waals surface area contributed by atoms with Crippen molar-refractivity contribution in [3.63, 3.8) is 0 Å². The van der Waals surface area contributed by atoms with Crippen molar-refractivity contribution in [3.05, 3.63) is 30.1 Å². The number of nitrogens with zero attached hydrogens (tertiary/aromatic N) is 1. The van der Waals surface area contributed by atoms with Crippen LogP contribution in [0.5, 0.6) is 0 Å². The average Bonchev–Trinajstić information content (AvgIpc) is 2.83. The molecule has 3 nitrogen and oxygen atoms in total. The molecule has 16 heavy (non-hydrogen) atoms. The molecule has 0 aliphatic carbocycles. The molecule has 0 radical (unpaired) electrons. The van der Waals surface area contributed by atoms with Gasteiger partial charge in [-0.2, -0.15) is 0 Å². The molecule has 0 amide bonds. The quantitative estimate of drug-likeness (QED) is 0.826. The minimum Gasteiger partial charge on any atom is -0.378 e. The Morgan fingerprint density at radius 3 is 3.19 bits per heavy atom. The number of aromatic nitrogens is 1. The average molecular weight is 220 g/mol. The van der Waals surface area contributed by atoms with Gasteiger partial charge in [-0.25, -0.2) is 0 Å². The van der Waals surface area contributed by atoms with Gasteiger partial charge in [-0.1, -0.05) is 6.07 Å². The summed E-state index contributed by atoms with van der Waals surface area (Å²) in [6, 6.07) is 6.36. The SMILES string of the molecule is C[C@@H](NCCC1CCCO1)c1ccccn1. The summed E-state index contributed by atoms with van der Waals surface area (Å²) >= 11 is 0. The van der Waals surface area contributed by atoms with Gasteiger partial charge in [-0.05, 0) is 44.9 Å². The molecule has 2 atom stereocenters. The zero-order valence-electron chi connectivity index (χ0n) is 9.86. The summed E-state index contributed by atoms with van der Waals surface area (Å²) < 4.78 is 5.58. The van der Waals surface area contributed by atoms with Crippen LogP contribution in [0.25, 0.3) is 0 Å². The zero-order valence-corrected chi connectivity index (χ0v) is 9.86. The molecule has 2 heterocycles. The number of pyridine rings is 1. The number of nitrogens with one attached hydrogen (secondary N) is 1. The highest BCUT2D eigenvalue weighted by molar-refractivity contribution is 5.07. The van der Waals surface area contributed by atoms with Crippen molar-refractivity contribution in [1.29, 1.82) is 0 Å². The fraction of sp³-hybridized carbons (Fsp3) is 0.615. The first-order valence-corrected chi connectivity index (χ1v) is 6.12. The normalized spacial score (nSPS) is 22.2. The smallest absolute Gasteiger partial charge is 0.0588 e. The molecule has 1 unspecified atom stereocenters. The Balaban J connectivity index is 1.69. The summed E-state index contributed by atoms with van der Waals surface area (Å²) in [5.41, 5.74) is 1.11. The van der Waals surface area contributed by atoms with Gasteiger partial charge in [0.15, 0.2) is 0 Å². The van der Waals surface area contributed by atoms with Crippen LogP contribution < -0.4 is 5.32 Å². The molecule has 1 aliphatic rings. The van der Waals surface area contributed by atoms with Crippen molar-refractivity contribution in [2.24, 2.45) is 0 Å². The van der Waals surface area contributed by atoms with Gasteiger partial charge in [0.1, 0.15) is 0 Å². The van der Waals surface area contributed by atoms with Crippen molar-refractivity contribution in [2.45, 2.75) is 38.3 Å². The van der Waals surface area contributed by atoms with Gasteiger partial charge in [0.25, 0.3) is 0 Å². The molecule has 1 fully saturated rings. The topological polar surface area (TPSA) is 34.1 Å². The van der Waals surface area contributed by atoms with E-state index in [1.807, 2.05) is 18.3 Å². The summed E-state index contributed by atoms with van der Waals surface area (Å²) in [6.45, 7) is 4.10. The molecule has 88 valence electrons. The highest BCUT2D eigenvalue weighted by Gasteiger charge is 2.15. The van der Waals surface area contributed by atoms with E-state index in [1.54, 1.807) is 0 Å². The predicted molar refractivity (Wildman–Crippen MR) is 64.2 cm³/mol.